The Hall–Kier alpha value is -4.43. The summed E-state index contributed by atoms with van der Waals surface area (Å²) >= 11 is 0. The Bertz CT molecular complexity index is 1410. The predicted molar refractivity (Wildman–Crippen MR) is 147 cm³/mol. The number of unbranched alkanes of at least 4 members (excludes halogenated alkanes) is 1. The van der Waals surface area contributed by atoms with Gasteiger partial charge >= 0.3 is 11.9 Å². The molecule has 8 nitrogen and oxygen atoms in total. The number of esters is 2. The molecule has 0 aliphatic heterocycles. The fourth-order valence-electron chi connectivity index (χ4n) is 4.14. The minimum atomic E-state index is -1.01. The second-order valence-electron chi connectivity index (χ2n) is 9.12. The van der Waals surface area contributed by atoms with Gasteiger partial charge in [0.2, 0.25) is 0 Å². The standard InChI is InChI=1S/C31H31NO7/c1-37-30(35)10-6-5-9-29(34)27-18-32-28-16-13-23(17-26(27)28)31(36)39-20-24(33)19-38-25-14-11-22(12-15-25)21-7-3-2-4-8-21/h2-4,7-8,11-18,24,32-33H,5-6,9-10,19-20H2,1H3. The maximum absolute atomic E-state index is 12.7. The van der Waals surface area contributed by atoms with Crippen molar-refractivity contribution in [1.82, 2.24) is 4.98 Å². The average Bonchev–Trinajstić information content (AvgIpc) is 3.41. The largest absolute Gasteiger partial charge is 0.491 e. The third-order valence-corrected chi connectivity index (χ3v) is 6.29. The van der Waals surface area contributed by atoms with E-state index in [-0.39, 0.29) is 43.4 Å². The average molecular weight is 530 g/mol. The van der Waals surface area contributed by atoms with Crippen molar-refractivity contribution in [1.29, 1.82) is 0 Å². The van der Waals surface area contributed by atoms with Crippen LogP contribution in [0.15, 0.2) is 79.0 Å². The van der Waals surface area contributed by atoms with Crippen LogP contribution in [0.3, 0.4) is 0 Å². The smallest absolute Gasteiger partial charge is 0.338 e. The first kappa shape index (κ1) is 27.6. The van der Waals surface area contributed by atoms with E-state index in [9.17, 15) is 19.5 Å². The van der Waals surface area contributed by atoms with E-state index < -0.39 is 12.1 Å². The van der Waals surface area contributed by atoms with Gasteiger partial charge in [-0.2, -0.15) is 0 Å². The van der Waals surface area contributed by atoms with Crippen LogP contribution >= 0.6 is 0 Å². The van der Waals surface area contributed by atoms with Crippen LogP contribution in [0.25, 0.3) is 22.0 Å². The molecule has 8 heteroatoms. The number of nitrogens with one attached hydrogen (secondary N) is 1. The van der Waals surface area contributed by atoms with Crippen LogP contribution in [0.5, 0.6) is 5.75 Å². The number of carbonyl (C=O) groups excluding carboxylic acids is 3. The first-order valence-corrected chi connectivity index (χ1v) is 12.8. The number of fused-ring (bicyclic) bond motifs is 1. The van der Waals surface area contributed by atoms with Crippen LogP contribution in [0.4, 0.5) is 0 Å². The second-order valence-corrected chi connectivity index (χ2v) is 9.12. The molecule has 3 aromatic carbocycles. The molecule has 0 fully saturated rings. The van der Waals surface area contributed by atoms with Gasteiger partial charge < -0.3 is 24.3 Å². The van der Waals surface area contributed by atoms with Crippen LogP contribution in [0.1, 0.15) is 46.4 Å². The summed E-state index contributed by atoms with van der Waals surface area (Å²) in [5.41, 5.74) is 3.62. The van der Waals surface area contributed by atoms with Crippen molar-refractivity contribution in [3.63, 3.8) is 0 Å². The molecule has 1 unspecified atom stereocenters. The zero-order valence-corrected chi connectivity index (χ0v) is 21.7. The van der Waals surface area contributed by atoms with Gasteiger partial charge in [0, 0.05) is 35.5 Å². The van der Waals surface area contributed by atoms with Crippen LogP contribution in [-0.2, 0) is 14.3 Å². The summed E-state index contributed by atoms with van der Waals surface area (Å²) in [5.74, 6) is -0.394. The van der Waals surface area contributed by atoms with Crippen molar-refractivity contribution in [2.75, 3.05) is 20.3 Å². The monoisotopic (exact) mass is 529 g/mol. The number of benzene rings is 3. The zero-order chi connectivity index (χ0) is 27.6. The van der Waals surface area contributed by atoms with Crippen LogP contribution in [-0.4, -0.2) is 54.2 Å². The number of aliphatic hydroxyl groups excluding tert-OH is 1. The lowest BCUT2D eigenvalue weighted by Crippen LogP contribution is -2.25. The lowest BCUT2D eigenvalue weighted by molar-refractivity contribution is -0.140. The van der Waals surface area contributed by atoms with Gasteiger partial charge in [-0.15, -0.1) is 0 Å². The number of hydrogen-bond donors (Lipinski definition) is 2. The fraction of sp³-hybridized carbons (Fsp3) is 0.258. The topological polar surface area (TPSA) is 115 Å². The number of Topliss-reactive ketones (excluding diaryl/α,β-unsaturated/α-hetero) is 1. The number of carbonyl (C=O) groups is 3. The van der Waals surface area contributed by atoms with Gasteiger partial charge in [0.25, 0.3) is 0 Å². The fourth-order valence-corrected chi connectivity index (χ4v) is 4.14. The summed E-state index contributed by atoms with van der Waals surface area (Å²) in [6, 6.07) is 22.4. The normalized spacial score (nSPS) is 11.6. The van der Waals surface area contributed by atoms with Crippen molar-refractivity contribution >= 4 is 28.6 Å². The first-order chi connectivity index (χ1) is 18.9. The summed E-state index contributed by atoms with van der Waals surface area (Å²) in [6.07, 6.45) is 2.27. The molecule has 0 aliphatic rings. The van der Waals surface area contributed by atoms with E-state index in [0.717, 1.165) is 16.6 Å². The molecule has 2 N–H and O–H groups in total. The number of hydrogen-bond acceptors (Lipinski definition) is 7. The Morgan fingerprint density at radius 2 is 1.59 bits per heavy atom. The third kappa shape index (κ3) is 7.55. The van der Waals surface area contributed by atoms with Crippen LogP contribution in [0.2, 0.25) is 0 Å². The molecular formula is C31H31NO7. The van der Waals surface area contributed by atoms with E-state index in [1.54, 1.807) is 24.4 Å². The van der Waals surface area contributed by atoms with Crippen molar-refractivity contribution < 1.29 is 33.7 Å². The maximum atomic E-state index is 12.7. The van der Waals surface area contributed by atoms with Crippen molar-refractivity contribution in [2.45, 2.75) is 31.8 Å². The highest BCUT2D eigenvalue weighted by Gasteiger charge is 2.17. The van der Waals surface area contributed by atoms with Gasteiger partial charge in [-0.3, -0.25) is 9.59 Å². The molecule has 0 radical (unpaired) electrons. The maximum Gasteiger partial charge on any atom is 0.338 e. The second kappa shape index (κ2) is 13.4. The van der Waals surface area contributed by atoms with Gasteiger partial charge in [-0.25, -0.2) is 4.79 Å². The quantitative estimate of drug-likeness (QED) is 0.136. The molecule has 1 aromatic heterocycles. The highest BCUT2D eigenvalue weighted by molar-refractivity contribution is 6.09. The van der Waals surface area contributed by atoms with Crippen LogP contribution < -0.4 is 4.74 Å². The number of ketones is 1. The van der Waals surface area contributed by atoms with Crippen molar-refractivity contribution in [3.05, 3.63) is 90.1 Å². The number of rotatable bonds is 13. The molecule has 39 heavy (non-hydrogen) atoms. The van der Waals surface area contributed by atoms with E-state index in [2.05, 4.69) is 9.72 Å². The molecule has 0 spiro atoms. The molecule has 202 valence electrons. The predicted octanol–water partition coefficient (Wildman–Crippen LogP) is 5.35. The first-order valence-electron chi connectivity index (χ1n) is 12.8. The number of ether oxygens (including phenoxy) is 3. The number of methoxy groups -OCH3 is 1. The minimum Gasteiger partial charge on any atom is -0.491 e. The van der Waals surface area contributed by atoms with Gasteiger partial charge in [-0.05, 0) is 54.3 Å². The molecule has 0 saturated heterocycles. The van der Waals surface area contributed by atoms with Crippen molar-refractivity contribution in [3.8, 4) is 16.9 Å². The zero-order valence-electron chi connectivity index (χ0n) is 21.7. The third-order valence-electron chi connectivity index (χ3n) is 6.29. The number of H-pyrrole nitrogens is 1. The highest BCUT2D eigenvalue weighted by Crippen LogP contribution is 2.24. The number of aliphatic hydroxyl groups is 1. The van der Waals surface area contributed by atoms with Gasteiger partial charge in [-0.1, -0.05) is 42.5 Å². The number of aromatic nitrogens is 1. The summed E-state index contributed by atoms with van der Waals surface area (Å²) in [5, 5.41) is 10.9. The van der Waals surface area contributed by atoms with E-state index >= 15 is 0 Å². The van der Waals surface area contributed by atoms with Crippen molar-refractivity contribution in [2.24, 2.45) is 0 Å². The van der Waals surface area contributed by atoms with E-state index in [1.165, 1.54) is 7.11 Å². The Morgan fingerprint density at radius 3 is 2.33 bits per heavy atom. The summed E-state index contributed by atoms with van der Waals surface area (Å²) < 4.78 is 15.5. The Labute approximate surface area is 226 Å². The van der Waals surface area contributed by atoms with Gasteiger partial charge in [0.05, 0.1) is 12.7 Å². The Balaban J connectivity index is 1.27. The lowest BCUT2D eigenvalue weighted by atomic mass is 10.0. The SMILES string of the molecule is COC(=O)CCCCC(=O)c1c[nH]c2ccc(C(=O)OCC(O)COc3ccc(-c4ccccc4)cc3)cc12. The molecule has 0 amide bonds. The Kier molecular flexibility index (Phi) is 9.48. The van der Waals surface area contributed by atoms with E-state index in [1.807, 2.05) is 54.6 Å². The number of aromatic amines is 1. The lowest BCUT2D eigenvalue weighted by Gasteiger charge is -2.13. The minimum absolute atomic E-state index is 0.0383. The van der Waals surface area contributed by atoms with E-state index in [4.69, 9.17) is 9.47 Å². The summed E-state index contributed by atoms with van der Waals surface area (Å²) in [7, 11) is 1.34. The Morgan fingerprint density at radius 1 is 0.872 bits per heavy atom. The van der Waals surface area contributed by atoms with E-state index in [0.29, 0.717) is 29.5 Å². The highest BCUT2D eigenvalue weighted by atomic mass is 16.5. The molecular weight excluding hydrogens is 498 g/mol. The van der Waals surface area contributed by atoms with Gasteiger partial charge in [0.15, 0.2) is 5.78 Å². The molecule has 1 heterocycles. The molecule has 0 aliphatic carbocycles. The molecule has 4 rings (SSSR count). The molecule has 4 aromatic rings. The summed E-state index contributed by atoms with van der Waals surface area (Å²) in [6.45, 7) is -0.276. The summed E-state index contributed by atoms with van der Waals surface area (Å²) in [4.78, 5) is 39.6. The van der Waals surface area contributed by atoms with Gasteiger partial charge in [0.1, 0.15) is 25.1 Å². The molecule has 0 saturated carbocycles. The van der Waals surface area contributed by atoms with Crippen LogP contribution in [0, 0.1) is 0 Å². The molecule has 0 bridgehead atoms. The molecule has 1 atom stereocenters.